The molecule has 3 heterocycles. The van der Waals surface area contributed by atoms with Crippen LogP contribution in [-0.4, -0.2) is 30.2 Å². The Kier molecular flexibility index (Phi) is 5.62. The van der Waals surface area contributed by atoms with Crippen LogP contribution in [0.3, 0.4) is 0 Å². The first-order chi connectivity index (χ1) is 16.4. The highest BCUT2D eigenvalue weighted by Crippen LogP contribution is 2.26. The Morgan fingerprint density at radius 1 is 1.21 bits per heavy atom. The number of nitrogens with one attached hydrogen (secondary N) is 1. The number of rotatable bonds is 6. The summed E-state index contributed by atoms with van der Waals surface area (Å²) < 4.78 is 8.32. The van der Waals surface area contributed by atoms with Gasteiger partial charge in [-0.3, -0.25) is 14.2 Å². The van der Waals surface area contributed by atoms with E-state index in [9.17, 15) is 9.59 Å². The molecule has 10 heteroatoms. The van der Waals surface area contributed by atoms with E-state index in [-0.39, 0.29) is 24.6 Å². The number of carbonyl (C=O) groups excluding carboxylic acids is 1. The lowest BCUT2D eigenvalue weighted by Gasteiger charge is -2.10. The molecule has 5 rings (SSSR count). The van der Waals surface area contributed by atoms with E-state index in [1.54, 1.807) is 16.7 Å². The quantitative estimate of drug-likeness (QED) is 0.397. The van der Waals surface area contributed by atoms with Crippen LogP contribution in [0.25, 0.3) is 21.9 Å². The van der Waals surface area contributed by atoms with Crippen LogP contribution >= 0.6 is 11.6 Å². The van der Waals surface area contributed by atoms with Gasteiger partial charge in [0.25, 0.3) is 5.56 Å². The zero-order chi connectivity index (χ0) is 23.8. The van der Waals surface area contributed by atoms with Gasteiger partial charge in [0.15, 0.2) is 5.82 Å². The van der Waals surface area contributed by atoms with Gasteiger partial charge in [0, 0.05) is 11.8 Å². The van der Waals surface area contributed by atoms with E-state index in [1.807, 2.05) is 44.2 Å². The number of hydrogen-bond acceptors (Lipinski definition) is 6. The van der Waals surface area contributed by atoms with Crippen molar-refractivity contribution in [3.63, 3.8) is 0 Å². The lowest BCUT2D eigenvalue weighted by molar-refractivity contribution is -0.116. The van der Waals surface area contributed by atoms with E-state index < -0.39 is 0 Å². The molecule has 0 atom stereocenters. The molecule has 1 amide bonds. The standard InChI is InChI=1S/C24H21ClN6O3/c1-3-19-28-21(34-29-19)12-30-13-26-22-15-6-4-5-7-18(15)31(23(22)24(30)33)11-20(32)27-17-9-8-14(2)10-16(17)25/h4-10,13H,3,11-12H2,1-2H3,(H,27,32). The highest BCUT2D eigenvalue weighted by atomic mass is 35.5. The summed E-state index contributed by atoms with van der Waals surface area (Å²) in [4.78, 5) is 35.3. The minimum Gasteiger partial charge on any atom is -0.337 e. The number of carbonyl (C=O) groups is 1. The Morgan fingerprint density at radius 3 is 2.79 bits per heavy atom. The predicted molar refractivity (Wildman–Crippen MR) is 129 cm³/mol. The Hall–Kier alpha value is -3.98. The summed E-state index contributed by atoms with van der Waals surface area (Å²) in [5.74, 6) is 0.569. The fraction of sp³-hybridized carbons (Fsp3) is 0.208. The summed E-state index contributed by atoms with van der Waals surface area (Å²) >= 11 is 6.28. The molecule has 0 saturated heterocycles. The summed E-state index contributed by atoms with van der Waals surface area (Å²) in [6.45, 7) is 3.84. The van der Waals surface area contributed by atoms with Crippen LogP contribution in [0.4, 0.5) is 5.69 Å². The van der Waals surface area contributed by atoms with Gasteiger partial charge in [0.05, 0.1) is 22.6 Å². The van der Waals surface area contributed by atoms with Gasteiger partial charge in [-0.05, 0) is 30.7 Å². The molecule has 0 aliphatic carbocycles. The molecule has 1 N–H and O–H groups in total. The van der Waals surface area contributed by atoms with Gasteiger partial charge in [0.1, 0.15) is 24.1 Å². The van der Waals surface area contributed by atoms with Gasteiger partial charge < -0.3 is 14.4 Å². The summed E-state index contributed by atoms with van der Waals surface area (Å²) in [5.41, 5.74) is 2.78. The van der Waals surface area contributed by atoms with Crippen molar-refractivity contribution < 1.29 is 9.32 Å². The molecule has 0 fully saturated rings. The van der Waals surface area contributed by atoms with Crippen LogP contribution in [0.1, 0.15) is 24.2 Å². The zero-order valence-electron chi connectivity index (χ0n) is 18.6. The summed E-state index contributed by atoms with van der Waals surface area (Å²) in [6.07, 6.45) is 2.09. The fourth-order valence-corrected chi connectivity index (χ4v) is 4.21. The lowest BCUT2D eigenvalue weighted by Crippen LogP contribution is -2.25. The molecule has 9 nitrogen and oxygen atoms in total. The van der Waals surface area contributed by atoms with Crippen molar-refractivity contribution in [2.45, 2.75) is 33.4 Å². The second-order valence-corrected chi connectivity index (χ2v) is 8.37. The molecule has 0 bridgehead atoms. The number of aromatic nitrogens is 5. The second-order valence-electron chi connectivity index (χ2n) is 7.97. The third-order valence-electron chi connectivity index (χ3n) is 5.57. The number of para-hydroxylation sites is 1. The molecule has 0 spiro atoms. The third-order valence-corrected chi connectivity index (χ3v) is 5.88. The van der Waals surface area contributed by atoms with Crippen LogP contribution in [0.2, 0.25) is 5.02 Å². The van der Waals surface area contributed by atoms with E-state index in [1.165, 1.54) is 10.9 Å². The minimum absolute atomic E-state index is 0.0848. The number of fused-ring (bicyclic) bond motifs is 3. The maximum atomic E-state index is 13.5. The van der Waals surface area contributed by atoms with Crippen molar-refractivity contribution in [3.05, 3.63) is 81.4 Å². The maximum absolute atomic E-state index is 13.5. The summed E-state index contributed by atoms with van der Waals surface area (Å²) in [6, 6.07) is 12.9. The first-order valence-electron chi connectivity index (χ1n) is 10.8. The van der Waals surface area contributed by atoms with Gasteiger partial charge in [-0.2, -0.15) is 4.98 Å². The minimum atomic E-state index is -0.312. The van der Waals surface area contributed by atoms with Crippen molar-refractivity contribution in [3.8, 4) is 0 Å². The Morgan fingerprint density at radius 2 is 2.03 bits per heavy atom. The van der Waals surface area contributed by atoms with Crippen LogP contribution in [0, 0.1) is 6.92 Å². The number of nitrogens with zero attached hydrogens (tertiary/aromatic N) is 5. The highest BCUT2D eigenvalue weighted by molar-refractivity contribution is 6.33. The highest BCUT2D eigenvalue weighted by Gasteiger charge is 2.19. The molecule has 0 saturated carbocycles. The monoisotopic (exact) mass is 476 g/mol. The van der Waals surface area contributed by atoms with Crippen molar-refractivity contribution in [2.75, 3.05) is 5.32 Å². The van der Waals surface area contributed by atoms with Gasteiger partial charge in [0.2, 0.25) is 11.8 Å². The molecule has 0 aliphatic heterocycles. The van der Waals surface area contributed by atoms with Crippen LogP contribution in [0.15, 0.2) is 58.1 Å². The first kappa shape index (κ1) is 21.8. The number of benzene rings is 2. The van der Waals surface area contributed by atoms with Crippen LogP contribution < -0.4 is 10.9 Å². The van der Waals surface area contributed by atoms with Gasteiger partial charge in [-0.1, -0.05) is 47.9 Å². The Balaban J connectivity index is 1.56. The first-order valence-corrected chi connectivity index (χ1v) is 11.2. The molecule has 5 aromatic rings. The van der Waals surface area contributed by atoms with Crippen molar-refractivity contribution in [1.82, 2.24) is 24.3 Å². The zero-order valence-corrected chi connectivity index (χ0v) is 19.3. The summed E-state index contributed by atoms with van der Waals surface area (Å²) in [5, 5.41) is 7.95. The Bertz CT molecular complexity index is 1600. The number of anilines is 1. The van der Waals surface area contributed by atoms with Gasteiger partial charge >= 0.3 is 0 Å². The second kappa shape index (κ2) is 8.75. The fourth-order valence-electron chi connectivity index (χ4n) is 3.92. The Labute approximate surface area is 199 Å². The molecule has 172 valence electrons. The molecule has 0 radical (unpaired) electrons. The smallest absolute Gasteiger partial charge is 0.278 e. The van der Waals surface area contributed by atoms with Crippen LogP contribution in [0.5, 0.6) is 0 Å². The molecule has 0 aliphatic rings. The van der Waals surface area contributed by atoms with Gasteiger partial charge in [-0.25, -0.2) is 4.98 Å². The maximum Gasteiger partial charge on any atom is 0.278 e. The number of aryl methyl sites for hydroxylation is 2. The number of hydrogen-bond donors (Lipinski definition) is 1. The average Bonchev–Trinajstić information content (AvgIpc) is 3.41. The third kappa shape index (κ3) is 3.94. The number of amides is 1. The molecule has 2 aromatic carbocycles. The van der Waals surface area contributed by atoms with E-state index in [0.717, 1.165) is 16.5 Å². The molecular weight excluding hydrogens is 456 g/mol. The predicted octanol–water partition coefficient (Wildman–Crippen LogP) is 3.95. The molecule has 3 aromatic heterocycles. The van der Waals surface area contributed by atoms with Crippen molar-refractivity contribution >= 4 is 45.1 Å². The largest absolute Gasteiger partial charge is 0.337 e. The number of halogens is 1. The SMILES string of the molecule is CCc1noc(Cn2cnc3c4ccccc4n(CC(=O)Nc4ccc(C)cc4Cl)c3c2=O)n1. The lowest BCUT2D eigenvalue weighted by atomic mass is 10.2. The van der Waals surface area contributed by atoms with E-state index >= 15 is 0 Å². The average molecular weight is 477 g/mol. The van der Waals surface area contributed by atoms with E-state index in [0.29, 0.717) is 39.9 Å². The van der Waals surface area contributed by atoms with Gasteiger partial charge in [-0.15, -0.1) is 0 Å². The van der Waals surface area contributed by atoms with Crippen LogP contribution in [-0.2, 0) is 24.3 Å². The van der Waals surface area contributed by atoms with Crippen molar-refractivity contribution in [2.24, 2.45) is 0 Å². The van der Waals surface area contributed by atoms with E-state index in [2.05, 4.69) is 20.4 Å². The molecular formula is C24H21ClN6O3. The topological polar surface area (TPSA) is 108 Å². The molecule has 34 heavy (non-hydrogen) atoms. The van der Waals surface area contributed by atoms with Crippen molar-refractivity contribution in [1.29, 1.82) is 0 Å². The summed E-state index contributed by atoms with van der Waals surface area (Å²) in [7, 11) is 0. The molecule has 0 unspecified atom stereocenters. The normalized spacial score (nSPS) is 11.4. The van der Waals surface area contributed by atoms with E-state index in [4.69, 9.17) is 16.1 Å².